The molecule has 0 unspecified atom stereocenters. The Balaban J connectivity index is 2.15. The van der Waals surface area contributed by atoms with Gasteiger partial charge in [-0.15, -0.1) is 0 Å². The van der Waals surface area contributed by atoms with Gasteiger partial charge >= 0.3 is 0 Å². The van der Waals surface area contributed by atoms with Gasteiger partial charge in [-0.3, -0.25) is 4.79 Å². The second kappa shape index (κ2) is 5.32. The minimum Gasteiger partial charge on any atom is -0.501 e. The highest BCUT2D eigenvalue weighted by molar-refractivity contribution is 6.31. The average Bonchev–Trinajstić information content (AvgIpc) is 2.35. The molecule has 0 spiro atoms. The Kier molecular flexibility index (Phi) is 3.79. The van der Waals surface area contributed by atoms with E-state index in [1.807, 2.05) is 0 Å². The van der Waals surface area contributed by atoms with Gasteiger partial charge in [0.2, 0.25) is 0 Å². The van der Waals surface area contributed by atoms with Gasteiger partial charge in [0.05, 0.1) is 12.9 Å². The Morgan fingerprint density at radius 2 is 2.29 bits per heavy atom. The zero-order valence-corrected chi connectivity index (χ0v) is 9.97. The van der Waals surface area contributed by atoms with Gasteiger partial charge in [0.25, 0.3) is 0 Å². The number of halogens is 2. The van der Waals surface area contributed by atoms with Crippen molar-refractivity contribution in [1.29, 1.82) is 0 Å². The van der Waals surface area contributed by atoms with E-state index < -0.39 is 5.82 Å². The number of hydrogen-bond acceptors (Lipinski definition) is 2. The van der Waals surface area contributed by atoms with Gasteiger partial charge in [0.1, 0.15) is 5.82 Å². The van der Waals surface area contributed by atoms with Crippen molar-refractivity contribution >= 4 is 17.4 Å². The lowest BCUT2D eigenvalue weighted by molar-refractivity contribution is -0.115. The standard InChI is InChI=1S/C13H12ClFO2/c14-11-4-1-5-12(15)10(11)7-13(16)9-3-2-6-17-8-9/h1,4-5,8H,2-3,6-7H2. The van der Waals surface area contributed by atoms with Crippen LogP contribution in [0.15, 0.2) is 30.0 Å². The average molecular weight is 255 g/mol. The quantitative estimate of drug-likeness (QED) is 0.827. The highest BCUT2D eigenvalue weighted by Gasteiger charge is 2.17. The molecule has 2 rings (SSSR count). The largest absolute Gasteiger partial charge is 0.501 e. The lowest BCUT2D eigenvalue weighted by Crippen LogP contribution is -2.12. The van der Waals surface area contributed by atoms with Crippen LogP contribution in [-0.4, -0.2) is 12.4 Å². The first kappa shape index (κ1) is 12.1. The third-order valence-electron chi connectivity index (χ3n) is 2.69. The van der Waals surface area contributed by atoms with Crippen LogP contribution in [0.5, 0.6) is 0 Å². The molecule has 0 saturated heterocycles. The summed E-state index contributed by atoms with van der Waals surface area (Å²) in [5.74, 6) is -0.570. The zero-order valence-electron chi connectivity index (χ0n) is 9.21. The number of carbonyl (C=O) groups is 1. The summed E-state index contributed by atoms with van der Waals surface area (Å²) in [7, 11) is 0. The maximum Gasteiger partial charge on any atom is 0.166 e. The number of ether oxygens (including phenoxy) is 1. The first-order chi connectivity index (χ1) is 8.18. The van der Waals surface area contributed by atoms with Gasteiger partial charge in [-0.2, -0.15) is 0 Å². The molecule has 1 aromatic carbocycles. The molecule has 17 heavy (non-hydrogen) atoms. The van der Waals surface area contributed by atoms with E-state index in [0.717, 1.165) is 6.42 Å². The van der Waals surface area contributed by atoms with Crippen LogP contribution in [0.3, 0.4) is 0 Å². The van der Waals surface area contributed by atoms with Gasteiger partial charge in [-0.05, 0) is 25.0 Å². The van der Waals surface area contributed by atoms with Gasteiger partial charge < -0.3 is 4.74 Å². The van der Waals surface area contributed by atoms with Crippen LogP contribution in [0.25, 0.3) is 0 Å². The molecular formula is C13H12ClFO2. The summed E-state index contributed by atoms with van der Waals surface area (Å²) in [6.45, 7) is 0.636. The smallest absolute Gasteiger partial charge is 0.166 e. The topological polar surface area (TPSA) is 26.3 Å². The molecule has 1 heterocycles. The first-order valence-corrected chi connectivity index (χ1v) is 5.83. The van der Waals surface area contributed by atoms with E-state index in [2.05, 4.69) is 0 Å². The fourth-order valence-corrected chi connectivity index (χ4v) is 1.97. The third kappa shape index (κ3) is 2.86. The van der Waals surface area contributed by atoms with Crippen molar-refractivity contribution in [2.45, 2.75) is 19.3 Å². The van der Waals surface area contributed by atoms with Crippen LogP contribution in [-0.2, 0) is 16.0 Å². The van der Waals surface area contributed by atoms with Crippen LogP contribution in [0, 0.1) is 5.82 Å². The van der Waals surface area contributed by atoms with E-state index >= 15 is 0 Å². The number of ketones is 1. The second-order valence-corrected chi connectivity index (χ2v) is 4.32. The Morgan fingerprint density at radius 3 is 2.94 bits per heavy atom. The van der Waals surface area contributed by atoms with E-state index in [1.165, 1.54) is 18.4 Å². The van der Waals surface area contributed by atoms with Gasteiger partial charge in [0.15, 0.2) is 5.78 Å². The van der Waals surface area contributed by atoms with Gasteiger partial charge in [0, 0.05) is 22.6 Å². The normalized spacial score (nSPS) is 15.1. The highest BCUT2D eigenvalue weighted by Crippen LogP contribution is 2.22. The number of allylic oxidation sites excluding steroid dienone is 1. The summed E-state index contributed by atoms with van der Waals surface area (Å²) >= 11 is 5.87. The number of Topliss-reactive ketones (excluding diaryl/α,β-unsaturated/α-hetero) is 1. The zero-order chi connectivity index (χ0) is 12.3. The molecule has 0 radical (unpaired) electrons. The number of benzene rings is 1. The van der Waals surface area contributed by atoms with Crippen molar-refractivity contribution < 1.29 is 13.9 Å². The molecule has 1 aromatic rings. The minimum absolute atomic E-state index is 0.0132. The molecule has 1 aliphatic heterocycles. The highest BCUT2D eigenvalue weighted by atomic mass is 35.5. The van der Waals surface area contributed by atoms with Crippen molar-refractivity contribution in [3.05, 3.63) is 46.4 Å². The summed E-state index contributed by atoms with van der Waals surface area (Å²) in [6.07, 6.45) is 2.97. The molecule has 2 nitrogen and oxygen atoms in total. The van der Waals surface area contributed by atoms with Crippen LogP contribution in [0.1, 0.15) is 18.4 Å². The molecule has 0 fully saturated rings. The molecule has 0 atom stereocenters. The fraction of sp³-hybridized carbons (Fsp3) is 0.308. The maximum atomic E-state index is 13.5. The van der Waals surface area contributed by atoms with Crippen LogP contribution in [0.2, 0.25) is 5.02 Å². The Hall–Kier alpha value is -1.35. The number of carbonyl (C=O) groups excluding carboxylic acids is 1. The molecule has 0 aliphatic carbocycles. The van der Waals surface area contributed by atoms with Crippen LogP contribution in [0.4, 0.5) is 4.39 Å². The van der Waals surface area contributed by atoms with Gasteiger partial charge in [-0.1, -0.05) is 17.7 Å². The third-order valence-corrected chi connectivity index (χ3v) is 3.05. The Labute approximate surface area is 104 Å². The Bertz CT molecular complexity index is 448. The minimum atomic E-state index is -0.442. The second-order valence-electron chi connectivity index (χ2n) is 3.92. The number of rotatable bonds is 3. The molecule has 1 aliphatic rings. The fourth-order valence-electron chi connectivity index (χ4n) is 1.74. The molecule has 0 amide bonds. The van der Waals surface area contributed by atoms with E-state index in [-0.39, 0.29) is 22.8 Å². The molecule has 0 N–H and O–H groups in total. The monoisotopic (exact) mass is 254 g/mol. The molecule has 0 bridgehead atoms. The molecule has 0 saturated carbocycles. The number of hydrogen-bond donors (Lipinski definition) is 0. The summed E-state index contributed by atoms with van der Waals surface area (Å²) in [6, 6.07) is 4.41. The van der Waals surface area contributed by atoms with Crippen molar-refractivity contribution in [2.24, 2.45) is 0 Å². The van der Waals surface area contributed by atoms with E-state index in [1.54, 1.807) is 6.07 Å². The van der Waals surface area contributed by atoms with E-state index in [9.17, 15) is 9.18 Å². The predicted molar refractivity (Wildman–Crippen MR) is 63.4 cm³/mol. The van der Waals surface area contributed by atoms with Crippen LogP contribution >= 0.6 is 11.6 Å². The van der Waals surface area contributed by atoms with Crippen molar-refractivity contribution in [2.75, 3.05) is 6.61 Å². The van der Waals surface area contributed by atoms with Crippen molar-refractivity contribution in [3.63, 3.8) is 0 Å². The van der Waals surface area contributed by atoms with E-state index in [0.29, 0.717) is 18.6 Å². The Morgan fingerprint density at radius 1 is 1.47 bits per heavy atom. The summed E-state index contributed by atoms with van der Waals surface area (Å²) in [4.78, 5) is 11.9. The molecule has 90 valence electrons. The molecular weight excluding hydrogens is 243 g/mol. The summed E-state index contributed by atoms with van der Waals surface area (Å²) in [5.41, 5.74) is 0.862. The lowest BCUT2D eigenvalue weighted by atomic mass is 9.99. The molecule has 0 aromatic heterocycles. The summed E-state index contributed by atoms with van der Waals surface area (Å²) in [5, 5.41) is 0.288. The van der Waals surface area contributed by atoms with Crippen molar-refractivity contribution in [3.8, 4) is 0 Å². The lowest BCUT2D eigenvalue weighted by Gasteiger charge is -2.13. The summed E-state index contributed by atoms with van der Waals surface area (Å²) < 4.78 is 18.6. The van der Waals surface area contributed by atoms with Gasteiger partial charge in [-0.25, -0.2) is 4.39 Å². The predicted octanol–water partition coefficient (Wildman–Crippen LogP) is 3.29. The van der Waals surface area contributed by atoms with E-state index in [4.69, 9.17) is 16.3 Å². The van der Waals surface area contributed by atoms with Crippen LogP contribution < -0.4 is 0 Å². The SMILES string of the molecule is O=C(Cc1c(F)cccc1Cl)C1=COCCC1. The molecule has 4 heteroatoms. The maximum absolute atomic E-state index is 13.5. The van der Waals surface area contributed by atoms with Crippen molar-refractivity contribution in [1.82, 2.24) is 0 Å². The first-order valence-electron chi connectivity index (χ1n) is 5.45.